The lowest BCUT2D eigenvalue weighted by molar-refractivity contribution is 0.388. The number of benzene rings is 2. The number of hydrogen-bond acceptors (Lipinski definition) is 4. The van der Waals surface area contributed by atoms with Crippen molar-refractivity contribution in [2.75, 3.05) is 14.2 Å². The zero-order valence-electron chi connectivity index (χ0n) is 13.0. The number of nitrogens with two attached hydrogens (primary N) is 1. The molecule has 0 amide bonds. The van der Waals surface area contributed by atoms with E-state index in [-0.39, 0.29) is 12.1 Å². The Balaban J connectivity index is 1.74. The van der Waals surface area contributed by atoms with Crippen LogP contribution in [0.15, 0.2) is 42.5 Å². The molecule has 0 saturated carbocycles. The van der Waals surface area contributed by atoms with Crippen molar-refractivity contribution in [3.8, 4) is 11.5 Å². The summed E-state index contributed by atoms with van der Waals surface area (Å²) in [5.41, 5.74) is 9.89. The summed E-state index contributed by atoms with van der Waals surface area (Å²) < 4.78 is 10.7. The molecule has 2 aromatic rings. The van der Waals surface area contributed by atoms with Gasteiger partial charge in [-0.3, -0.25) is 0 Å². The van der Waals surface area contributed by atoms with Crippen molar-refractivity contribution in [3.63, 3.8) is 0 Å². The Kier molecular flexibility index (Phi) is 4.32. The van der Waals surface area contributed by atoms with Crippen molar-refractivity contribution < 1.29 is 9.47 Å². The Morgan fingerprint density at radius 1 is 1.09 bits per heavy atom. The summed E-state index contributed by atoms with van der Waals surface area (Å²) in [6.45, 7) is 0.735. The molecule has 4 nitrogen and oxygen atoms in total. The van der Waals surface area contributed by atoms with Crippen molar-refractivity contribution in [2.45, 2.75) is 25.0 Å². The second kappa shape index (κ2) is 6.38. The lowest BCUT2D eigenvalue weighted by Crippen LogP contribution is -2.20. The molecule has 22 heavy (non-hydrogen) atoms. The van der Waals surface area contributed by atoms with Crippen LogP contribution in [-0.4, -0.2) is 14.2 Å². The molecule has 3 N–H and O–H groups in total. The number of hydrogen-bond donors (Lipinski definition) is 2. The number of fused-ring (bicyclic) bond motifs is 1. The van der Waals surface area contributed by atoms with Crippen LogP contribution in [0.4, 0.5) is 0 Å². The van der Waals surface area contributed by atoms with Crippen LogP contribution in [0.25, 0.3) is 0 Å². The van der Waals surface area contributed by atoms with E-state index in [1.54, 1.807) is 14.2 Å². The molecule has 0 aliphatic heterocycles. The molecule has 0 radical (unpaired) electrons. The molecule has 0 spiro atoms. The molecule has 0 bridgehead atoms. The number of methoxy groups -OCH3 is 2. The first-order valence-corrected chi connectivity index (χ1v) is 7.51. The molecular formula is C18H22N2O2. The Morgan fingerprint density at radius 3 is 2.59 bits per heavy atom. The molecule has 3 rings (SSSR count). The van der Waals surface area contributed by atoms with Gasteiger partial charge in [0.25, 0.3) is 0 Å². The smallest absolute Gasteiger partial charge is 0.127 e. The number of rotatable bonds is 5. The van der Waals surface area contributed by atoms with E-state index in [2.05, 4.69) is 23.5 Å². The number of nitrogens with one attached hydrogen (secondary N) is 1. The van der Waals surface area contributed by atoms with Gasteiger partial charge in [-0.2, -0.15) is 0 Å². The summed E-state index contributed by atoms with van der Waals surface area (Å²) in [6, 6.07) is 14.7. The topological polar surface area (TPSA) is 56.5 Å². The fraction of sp³-hybridized carbons (Fsp3) is 0.333. The Morgan fingerprint density at radius 2 is 1.86 bits per heavy atom. The van der Waals surface area contributed by atoms with Gasteiger partial charge < -0.3 is 20.5 Å². The number of ether oxygens (including phenoxy) is 2. The molecule has 1 aliphatic rings. The highest BCUT2D eigenvalue weighted by Gasteiger charge is 2.27. The van der Waals surface area contributed by atoms with Crippen molar-refractivity contribution in [3.05, 3.63) is 59.2 Å². The lowest BCUT2D eigenvalue weighted by atomic mass is 10.1. The van der Waals surface area contributed by atoms with Gasteiger partial charge in [-0.25, -0.2) is 0 Å². The predicted molar refractivity (Wildman–Crippen MR) is 87.1 cm³/mol. The van der Waals surface area contributed by atoms with Gasteiger partial charge in [0, 0.05) is 30.3 Å². The summed E-state index contributed by atoms with van der Waals surface area (Å²) in [7, 11) is 3.34. The average Bonchev–Trinajstić information content (AvgIpc) is 2.89. The summed E-state index contributed by atoms with van der Waals surface area (Å²) in [6.07, 6.45) is 0.928. The van der Waals surface area contributed by atoms with Crippen LogP contribution in [0.5, 0.6) is 11.5 Å². The quantitative estimate of drug-likeness (QED) is 0.891. The van der Waals surface area contributed by atoms with Gasteiger partial charge >= 0.3 is 0 Å². The highest BCUT2D eigenvalue weighted by Crippen LogP contribution is 2.37. The molecule has 116 valence electrons. The fourth-order valence-corrected chi connectivity index (χ4v) is 3.10. The largest absolute Gasteiger partial charge is 0.497 e. The molecule has 0 aromatic heterocycles. The maximum atomic E-state index is 6.22. The summed E-state index contributed by atoms with van der Waals surface area (Å²) in [5, 5.41) is 3.60. The van der Waals surface area contributed by atoms with Gasteiger partial charge in [-0.15, -0.1) is 0 Å². The van der Waals surface area contributed by atoms with Crippen LogP contribution in [0, 0.1) is 0 Å². The Bertz CT molecular complexity index is 657. The van der Waals surface area contributed by atoms with E-state index < -0.39 is 0 Å². The molecule has 1 unspecified atom stereocenters. The van der Waals surface area contributed by atoms with Crippen molar-refractivity contribution in [1.29, 1.82) is 0 Å². The average molecular weight is 298 g/mol. The monoisotopic (exact) mass is 298 g/mol. The van der Waals surface area contributed by atoms with Gasteiger partial charge in [-0.1, -0.05) is 30.3 Å². The van der Waals surface area contributed by atoms with E-state index in [1.807, 2.05) is 24.3 Å². The fourth-order valence-electron chi connectivity index (χ4n) is 3.10. The minimum atomic E-state index is 0.117. The highest BCUT2D eigenvalue weighted by atomic mass is 16.5. The molecular weight excluding hydrogens is 276 g/mol. The van der Waals surface area contributed by atoms with Gasteiger partial charge in [0.1, 0.15) is 11.5 Å². The van der Waals surface area contributed by atoms with Gasteiger partial charge in [-0.05, 0) is 23.6 Å². The minimum absolute atomic E-state index is 0.117. The second-order valence-electron chi connectivity index (χ2n) is 5.58. The third-order valence-electron chi connectivity index (χ3n) is 4.29. The van der Waals surface area contributed by atoms with E-state index in [9.17, 15) is 0 Å². The van der Waals surface area contributed by atoms with Crippen LogP contribution < -0.4 is 20.5 Å². The standard InChI is InChI=1S/C18H22N2O2/c1-21-13-8-7-12(18(9-13)22-2)11-20-17-10-16(19)14-5-3-4-6-15(14)17/h3-9,16-17,20H,10-11,19H2,1-2H3/t16-,17?/m1/s1. The predicted octanol–water partition coefficient (Wildman–Crippen LogP) is 2.94. The van der Waals surface area contributed by atoms with Crippen LogP contribution in [-0.2, 0) is 6.54 Å². The third kappa shape index (κ3) is 2.80. The van der Waals surface area contributed by atoms with Gasteiger partial charge in [0.2, 0.25) is 0 Å². The SMILES string of the molecule is COc1ccc(CNC2C[C@@H](N)c3ccccc32)c(OC)c1. The van der Waals surface area contributed by atoms with E-state index in [4.69, 9.17) is 15.2 Å². The van der Waals surface area contributed by atoms with Crippen LogP contribution in [0.3, 0.4) is 0 Å². The summed E-state index contributed by atoms with van der Waals surface area (Å²) >= 11 is 0. The molecule has 0 fully saturated rings. The van der Waals surface area contributed by atoms with Crippen molar-refractivity contribution in [2.24, 2.45) is 5.73 Å². The van der Waals surface area contributed by atoms with Crippen molar-refractivity contribution in [1.82, 2.24) is 5.32 Å². The molecule has 1 aliphatic carbocycles. The summed E-state index contributed by atoms with van der Waals surface area (Å²) in [5.74, 6) is 1.64. The van der Waals surface area contributed by atoms with Crippen molar-refractivity contribution >= 4 is 0 Å². The minimum Gasteiger partial charge on any atom is -0.497 e. The van der Waals surface area contributed by atoms with E-state index in [1.165, 1.54) is 11.1 Å². The summed E-state index contributed by atoms with van der Waals surface area (Å²) in [4.78, 5) is 0. The molecule has 0 heterocycles. The zero-order valence-corrected chi connectivity index (χ0v) is 13.0. The first-order valence-electron chi connectivity index (χ1n) is 7.51. The van der Waals surface area contributed by atoms with Gasteiger partial charge in [0.15, 0.2) is 0 Å². The van der Waals surface area contributed by atoms with Crippen LogP contribution in [0.2, 0.25) is 0 Å². The maximum absolute atomic E-state index is 6.22. The van der Waals surface area contributed by atoms with E-state index in [0.717, 1.165) is 30.0 Å². The highest BCUT2D eigenvalue weighted by molar-refractivity contribution is 5.41. The second-order valence-corrected chi connectivity index (χ2v) is 5.58. The lowest BCUT2D eigenvalue weighted by Gasteiger charge is -2.16. The zero-order chi connectivity index (χ0) is 15.5. The van der Waals surface area contributed by atoms with Crippen LogP contribution in [0.1, 0.15) is 35.2 Å². The normalized spacial score (nSPS) is 19.8. The molecule has 4 heteroatoms. The Labute approximate surface area is 131 Å². The van der Waals surface area contributed by atoms with Crippen LogP contribution >= 0.6 is 0 Å². The van der Waals surface area contributed by atoms with E-state index >= 15 is 0 Å². The Hall–Kier alpha value is -2.04. The van der Waals surface area contributed by atoms with Gasteiger partial charge in [0.05, 0.1) is 14.2 Å². The van der Waals surface area contributed by atoms with E-state index in [0.29, 0.717) is 0 Å². The molecule has 2 aromatic carbocycles. The first-order chi connectivity index (χ1) is 10.7. The first kappa shape index (κ1) is 14.9. The third-order valence-corrected chi connectivity index (χ3v) is 4.29. The molecule has 0 saturated heterocycles. The molecule has 2 atom stereocenters. The maximum Gasteiger partial charge on any atom is 0.127 e.